The number of aromatic nitrogens is 7. The van der Waals surface area contributed by atoms with Gasteiger partial charge in [-0.25, -0.2) is 0 Å². The number of para-hydroxylation sites is 1. The molecule has 0 aliphatic carbocycles. The van der Waals surface area contributed by atoms with Crippen LogP contribution in [-0.4, -0.2) is 47.9 Å². The summed E-state index contributed by atoms with van der Waals surface area (Å²) in [6, 6.07) is 15.9. The maximum Gasteiger partial charge on any atom is 0.250 e. The van der Waals surface area contributed by atoms with E-state index in [4.69, 9.17) is 0 Å². The van der Waals surface area contributed by atoms with E-state index in [0.717, 1.165) is 49.0 Å². The largest absolute Gasteiger partial charge is 0.339 e. The van der Waals surface area contributed by atoms with E-state index < -0.39 is 0 Å². The minimum absolute atomic E-state index is 0.294. The third-order valence-electron chi connectivity index (χ3n) is 4.86. The van der Waals surface area contributed by atoms with Crippen molar-refractivity contribution in [2.45, 2.75) is 18.8 Å². The van der Waals surface area contributed by atoms with Gasteiger partial charge in [0.15, 0.2) is 5.65 Å². The van der Waals surface area contributed by atoms with E-state index in [1.165, 1.54) is 0 Å². The van der Waals surface area contributed by atoms with Crippen LogP contribution in [0.3, 0.4) is 0 Å². The molecular weight excluding hydrogens is 328 g/mol. The van der Waals surface area contributed by atoms with Gasteiger partial charge in [-0.2, -0.15) is 4.68 Å². The fourth-order valence-corrected chi connectivity index (χ4v) is 3.62. The van der Waals surface area contributed by atoms with Crippen LogP contribution in [0.25, 0.3) is 11.3 Å². The Morgan fingerprint density at radius 1 is 0.923 bits per heavy atom. The molecule has 0 N–H and O–H groups in total. The molecule has 26 heavy (non-hydrogen) atoms. The summed E-state index contributed by atoms with van der Waals surface area (Å²) < 4.78 is 3.87. The fraction of sp³-hybridized carbons (Fsp3) is 0.278. The quantitative estimate of drug-likeness (QED) is 0.565. The molecule has 1 aliphatic heterocycles. The third-order valence-corrected chi connectivity index (χ3v) is 4.86. The van der Waals surface area contributed by atoms with E-state index in [-0.39, 0.29) is 0 Å². The van der Waals surface area contributed by atoms with Gasteiger partial charge in [0.2, 0.25) is 5.95 Å². The molecule has 8 heteroatoms. The molecule has 1 fully saturated rings. The molecule has 1 saturated heterocycles. The molecule has 3 aromatic heterocycles. The number of benzene rings is 1. The zero-order valence-corrected chi connectivity index (χ0v) is 14.2. The first-order valence-electron chi connectivity index (χ1n) is 8.78. The highest BCUT2D eigenvalue weighted by Crippen LogP contribution is 2.29. The molecule has 4 aromatic rings. The molecule has 0 radical (unpaired) electrons. The number of tetrazole rings is 1. The Bertz CT molecular complexity index is 1020. The lowest BCUT2D eigenvalue weighted by Crippen LogP contribution is -2.36. The van der Waals surface area contributed by atoms with Gasteiger partial charge in [-0.1, -0.05) is 29.4 Å². The molecule has 0 bridgehead atoms. The van der Waals surface area contributed by atoms with Gasteiger partial charge in [-0.05, 0) is 47.5 Å². The van der Waals surface area contributed by atoms with Crippen LogP contribution in [-0.2, 0) is 0 Å². The third kappa shape index (κ3) is 2.50. The van der Waals surface area contributed by atoms with Gasteiger partial charge in [0.1, 0.15) is 5.82 Å². The van der Waals surface area contributed by atoms with Crippen molar-refractivity contribution in [3.8, 4) is 5.69 Å². The molecule has 0 spiro atoms. The second-order valence-corrected chi connectivity index (χ2v) is 6.50. The van der Waals surface area contributed by atoms with Gasteiger partial charge in [0.25, 0.3) is 0 Å². The van der Waals surface area contributed by atoms with Crippen molar-refractivity contribution < 1.29 is 0 Å². The Labute approximate surface area is 150 Å². The van der Waals surface area contributed by atoms with Crippen LogP contribution >= 0.6 is 0 Å². The molecule has 1 unspecified atom stereocenters. The van der Waals surface area contributed by atoms with Crippen molar-refractivity contribution in [3.05, 3.63) is 60.6 Å². The molecule has 1 atom stereocenters. The summed E-state index contributed by atoms with van der Waals surface area (Å²) in [6.07, 6.45) is 4.17. The Morgan fingerprint density at radius 2 is 1.81 bits per heavy atom. The number of hydrogen-bond acceptors (Lipinski definition) is 6. The highest BCUT2D eigenvalue weighted by atomic mass is 15.6. The number of pyridine rings is 1. The summed E-state index contributed by atoms with van der Waals surface area (Å²) in [5, 5.41) is 21.1. The molecule has 1 aromatic carbocycles. The van der Waals surface area contributed by atoms with Crippen LogP contribution in [0.5, 0.6) is 0 Å². The number of rotatable bonds is 3. The predicted molar refractivity (Wildman–Crippen MR) is 96.3 cm³/mol. The summed E-state index contributed by atoms with van der Waals surface area (Å²) in [6.45, 7) is 1.75. The number of piperidine rings is 1. The van der Waals surface area contributed by atoms with Crippen molar-refractivity contribution >= 4 is 11.6 Å². The monoisotopic (exact) mass is 346 g/mol. The maximum absolute atomic E-state index is 4.44. The van der Waals surface area contributed by atoms with Gasteiger partial charge in [-0.3, -0.25) is 4.40 Å². The molecule has 0 amide bonds. The van der Waals surface area contributed by atoms with Gasteiger partial charge in [0.05, 0.1) is 5.69 Å². The highest BCUT2D eigenvalue weighted by molar-refractivity contribution is 5.42. The normalized spacial score (nSPS) is 17.7. The molecule has 0 saturated carbocycles. The van der Waals surface area contributed by atoms with E-state index in [2.05, 4.69) is 35.0 Å². The standard InChI is InChI=1S/C18H18N8/c1-2-8-15(9-3-1)26-18(21-22-23-26)24-11-6-7-14(13-24)17-20-19-16-10-4-5-12-25(16)17/h1-5,8-10,12,14H,6-7,11,13H2. The topological polar surface area (TPSA) is 77.0 Å². The second kappa shape index (κ2) is 6.21. The first-order valence-corrected chi connectivity index (χ1v) is 8.78. The van der Waals surface area contributed by atoms with E-state index >= 15 is 0 Å². The van der Waals surface area contributed by atoms with Crippen LogP contribution in [0.4, 0.5) is 5.95 Å². The van der Waals surface area contributed by atoms with Crippen molar-refractivity contribution in [3.63, 3.8) is 0 Å². The summed E-state index contributed by atoms with van der Waals surface area (Å²) in [5.74, 6) is 2.07. The Balaban J connectivity index is 1.46. The molecule has 8 nitrogen and oxygen atoms in total. The second-order valence-electron chi connectivity index (χ2n) is 6.50. The molecule has 1 aliphatic rings. The van der Waals surface area contributed by atoms with Crippen LogP contribution in [0, 0.1) is 0 Å². The minimum Gasteiger partial charge on any atom is -0.339 e. The van der Waals surface area contributed by atoms with Crippen LogP contribution in [0.2, 0.25) is 0 Å². The lowest BCUT2D eigenvalue weighted by Gasteiger charge is -2.32. The molecular formula is C18H18N8. The summed E-state index contributed by atoms with van der Waals surface area (Å²) in [7, 11) is 0. The Kier molecular flexibility index (Phi) is 3.59. The molecule has 4 heterocycles. The van der Waals surface area contributed by atoms with Crippen LogP contribution < -0.4 is 4.90 Å². The SMILES string of the molecule is c1ccc(-n2nnnc2N2CCCC(c3nnc4ccccn34)C2)cc1. The van der Waals surface area contributed by atoms with Crippen molar-refractivity contribution in [2.24, 2.45) is 0 Å². The van der Waals surface area contributed by atoms with E-state index in [1.54, 1.807) is 4.68 Å². The van der Waals surface area contributed by atoms with Crippen molar-refractivity contribution in [1.29, 1.82) is 0 Å². The zero-order valence-electron chi connectivity index (χ0n) is 14.2. The lowest BCUT2D eigenvalue weighted by molar-refractivity contribution is 0.480. The predicted octanol–water partition coefficient (Wildman–Crippen LogP) is 2.09. The highest BCUT2D eigenvalue weighted by Gasteiger charge is 2.28. The summed E-state index contributed by atoms with van der Waals surface area (Å²) in [4.78, 5) is 2.24. The fourth-order valence-electron chi connectivity index (χ4n) is 3.62. The molecule has 5 rings (SSSR count). The minimum atomic E-state index is 0.294. The average Bonchev–Trinajstić information content (AvgIpc) is 3.36. The van der Waals surface area contributed by atoms with Crippen molar-refractivity contribution in [2.75, 3.05) is 18.0 Å². The van der Waals surface area contributed by atoms with E-state index in [0.29, 0.717) is 5.92 Å². The first kappa shape index (κ1) is 15.0. The Morgan fingerprint density at radius 3 is 2.73 bits per heavy atom. The number of fused-ring (bicyclic) bond motifs is 1. The number of nitrogens with zero attached hydrogens (tertiary/aromatic N) is 8. The van der Waals surface area contributed by atoms with Gasteiger partial charge in [0, 0.05) is 25.2 Å². The van der Waals surface area contributed by atoms with Crippen LogP contribution in [0.1, 0.15) is 24.6 Å². The van der Waals surface area contributed by atoms with Crippen molar-refractivity contribution in [1.82, 2.24) is 34.8 Å². The zero-order chi connectivity index (χ0) is 17.3. The van der Waals surface area contributed by atoms with E-state index in [9.17, 15) is 0 Å². The summed E-state index contributed by atoms with van der Waals surface area (Å²) in [5.41, 5.74) is 1.84. The molecule has 130 valence electrons. The van der Waals surface area contributed by atoms with E-state index in [1.807, 2.05) is 54.7 Å². The van der Waals surface area contributed by atoms with Gasteiger partial charge < -0.3 is 4.90 Å². The number of anilines is 1. The van der Waals surface area contributed by atoms with Gasteiger partial charge >= 0.3 is 0 Å². The number of hydrogen-bond donors (Lipinski definition) is 0. The Hall–Kier alpha value is -3.29. The van der Waals surface area contributed by atoms with Gasteiger partial charge in [-0.15, -0.1) is 10.2 Å². The summed E-state index contributed by atoms with van der Waals surface area (Å²) >= 11 is 0. The maximum atomic E-state index is 4.44. The smallest absolute Gasteiger partial charge is 0.250 e. The van der Waals surface area contributed by atoms with Crippen LogP contribution in [0.15, 0.2) is 54.7 Å². The average molecular weight is 346 g/mol. The lowest BCUT2D eigenvalue weighted by atomic mass is 9.97. The first-order chi connectivity index (χ1) is 12.9.